The van der Waals surface area contributed by atoms with Crippen molar-refractivity contribution in [1.82, 2.24) is 10.3 Å². The van der Waals surface area contributed by atoms with Crippen LogP contribution in [0.4, 0.5) is 5.69 Å². The number of hydrogen-bond donors (Lipinski definition) is 1. The minimum atomic E-state index is -0.0294. The molecule has 1 fully saturated rings. The smallest absolute Gasteiger partial charge is 0.251 e. The standard InChI is InChI=1S/C18H20ClN3O/c19-16-3-1-15(2-4-16)18(23)21-13-14-7-11-22(12-8-14)17-5-9-20-10-6-17/h1-6,9-10,14H,7-8,11-13H2,(H,21,23). The third kappa shape index (κ3) is 4.23. The highest BCUT2D eigenvalue weighted by atomic mass is 35.5. The Bertz CT molecular complexity index is 637. The maximum Gasteiger partial charge on any atom is 0.251 e. The third-order valence-electron chi connectivity index (χ3n) is 4.30. The Morgan fingerprint density at radius 3 is 2.43 bits per heavy atom. The SMILES string of the molecule is O=C(NCC1CCN(c2ccncc2)CC1)c1ccc(Cl)cc1. The Balaban J connectivity index is 1.46. The van der Waals surface area contributed by atoms with Crippen molar-refractivity contribution < 1.29 is 4.79 Å². The summed E-state index contributed by atoms with van der Waals surface area (Å²) in [6, 6.07) is 11.1. The zero-order valence-corrected chi connectivity index (χ0v) is 13.7. The second kappa shape index (κ2) is 7.47. The summed E-state index contributed by atoms with van der Waals surface area (Å²) in [4.78, 5) is 18.5. The van der Waals surface area contributed by atoms with E-state index in [9.17, 15) is 4.79 Å². The molecule has 1 aliphatic rings. The van der Waals surface area contributed by atoms with Crippen LogP contribution >= 0.6 is 11.6 Å². The third-order valence-corrected chi connectivity index (χ3v) is 4.55. The molecule has 4 nitrogen and oxygen atoms in total. The molecule has 120 valence electrons. The Morgan fingerprint density at radius 2 is 1.78 bits per heavy atom. The summed E-state index contributed by atoms with van der Waals surface area (Å²) in [6.07, 6.45) is 5.83. The molecule has 2 aromatic rings. The number of carbonyl (C=O) groups is 1. The van der Waals surface area contributed by atoms with Gasteiger partial charge in [-0.05, 0) is 55.2 Å². The first-order chi connectivity index (χ1) is 11.2. The highest BCUT2D eigenvalue weighted by molar-refractivity contribution is 6.30. The van der Waals surface area contributed by atoms with Crippen LogP contribution in [-0.2, 0) is 0 Å². The number of hydrogen-bond acceptors (Lipinski definition) is 3. The summed E-state index contributed by atoms with van der Waals surface area (Å²) in [5.41, 5.74) is 1.88. The number of nitrogens with one attached hydrogen (secondary N) is 1. The molecule has 0 radical (unpaired) electrons. The predicted molar refractivity (Wildman–Crippen MR) is 93.0 cm³/mol. The van der Waals surface area contributed by atoms with Gasteiger partial charge in [0.15, 0.2) is 0 Å². The number of nitrogens with zero attached hydrogens (tertiary/aromatic N) is 2. The first-order valence-electron chi connectivity index (χ1n) is 7.91. The van der Waals surface area contributed by atoms with E-state index in [2.05, 4.69) is 15.2 Å². The molecule has 1 aromatic carbocycles. The molecule has 23 heavy (non-hydrogen) atoms. The largest absolute Gasteiger partial charge is 0.371 e. The van der Waals surface area contributed by atoms with Gasteiger partial charge in [-0.15, -0.1) is 0 Å². The topological polar surface area (TPSA) is 45.2 Å². The van der Waals surface area contributed by atoms with Crippen LogP contribution in [0.5, 0.6) is 0 Å². The van der Waals surface area contributed by atoms with Crippen molar-refractivity contribution in [1.29, 1.82) is 0 Å². The molecule has 0 saturated carbocycles. The van der Waals surface area contributed by atoms with Crippen LogP contribution < -0.4 is 10.2 Å². The molecule has 0 spiro atoms. The summed E-state index contributed by atoms with van der Waals surface area (Å²) >= 11 is 5.84. The number of halogens is 1. The van der Waals surface area contributed by atoms with E-state index in [1.807, 2.05) is 24.5 Å². The van der Waals surface area contributed by atoms with Crippen LogP contribution in [0.2, 0.25) is 5.02 Å². The molecule has 0 unspecified atom stereocenters. The minimum Gasteiger partial charge on any atom is -0.371 e. The van der Waals surface area contributed by atoms with E-state index in [0.717, 1.165) is 32.5 Å². The molecule has 1 aliphatic heterocycles. The monoisotopic (exact) mass is 329 g/mol. The zero-order chi connectivity index (χ0) is 16.1. The van der Waals surface area contributed by atoms with Crippen molar-refractivity contribution in [2.75, 3.05) is 24.5 Å². The fourth-order valence-electron chi connectivity index (χ4n) is 2.89. The van der Waals surface area contributed by atoms with E-state index in [1.165, 1.54) is 5.69 Å². The lowest BCUT2D eigenvalue weighted by Crippen LogP contribution is -2.38. The fourth-order valence-corrected chi connectivity index (χ4v) is 3.02. The van der Waals surface area contributed by atoms with Gasteiger partial charge < -0.3 is 10.2 Å². The number of piperidine rings is 1. The Hall–Kier alpha value is -2.07. The van der Waals surface area contributed by atoms with Crippen LogP contribution in [0.3, 0.4) is 0 Å². The first kappa shape index (κ1) is 15.8. The van der Waals surface area contributed by atoms with Crippen LogP contribution in [0.15, 0.2) is 48.8 Å². The minimum absolute atomic E-state index is 0.0294. The van der Waals surface area contributed by atoms with Gasteiger partial charge in [0.1, 0.15) is 0 Å². The summed E-state index contributed by atoms with van der Waals surface area (Å²) in [5.74, 6) is 0.502. The molecule has 3 rings (SSSR count). The Morgan fingerprint density at radius 1 is 1.13 bits per heavy atom. The van der Waals surface area contributed by atoms with Gasteiger partial charge in [0.2, 0.25) is 0 Å². The molecule has 1 saturated heterocycles. The van der Waals surface area contributed by atoms with Gasteiger partial charge in [-0.1, -0.05) is 11.6 Å². The van der Waals surface area contributed by atoms with E-state index in [0.29, 0.717) is 16.5 Å². The second-order valence-corrected chi connectivity index (χ2v) is 6.29. The summed E-state index contributed by atoms with van der Waals surface area (Å²) < 4.78 is 0. The van der Waals surface area contributed by atoms with Crippen LogP contribution in [0, 0.1) is 5.92 Å². The predicted octanol–water partition coefficient (Wildman–Crippen LogP) is 3.38. The lowest BCUT2D eigenvalue weighted by molar-refractivity contribution is 0.0945. The molecule has 0 aliphatic carbocycles. The lowest BCUT2D eigenvalue weighted by Gasteiger charge is -2.33. The van der Waals surface area contributed by atoms with Crippen LogP contribution in [-0.4, -0.2) is 30.5 Å². The molecule has 1 N–H and O–H groups in total. The molecule has 1 amide bonds. The van der Waals surface area contributed by atoms with E-state index in [1.54, 1.807) is 24.3 Å². The zero-order valence-electron chi connectivity index (χ0n) is 12.9. The van der Waals surface area contributed by atoms with Gasteiger partial charge in [-0.3, -0.25) is 9.78 Å². The molecular formula is C18H20ClN3O. The second-order valence-electron chi connectivity index (χ2n) is 5.85. The van der Waals surface area contributed by atoms with Crippen LogP contribution in [0.25, 0.3) is 0 Å². The van der Waals surface area contributed by atoms with Gasteiger partial charge in [0, 0.05) is 48.3 Å². The molecule has 5 heteroatoms. The van der Waals surface area contributed by atoms with E-state index in [4.69, 9.17) is 11.6 Å². The first-order valence-corrected chi connectivity index (χ1v) is 8.29. The van der Waals surface area contributed by atoms with Crippen molar-refractivity contribution in [3.63, 3.8) is 0 Å². The van der Waals surface area contributed by atoms with Crippen molar-refractivity contribution in [3.8, 4) is 0 Å². The number of benzene rings is 1. The maximum atomic E-state index is 12.1. The average molecular weight is 330 g/mol. The normalized spacial score (nSPS) is 15.4. The Labute approximate surface area is 141 Å². The van der Waals surface area contributed by atoms with Gasteiger partial charge in [-0.25, -0.2) is 0 Å². The fraction of sp³-hybridized carbons (Fsp3) is 0.333. The maximum absolute atomic E-state index is 12.1. The molecule has 0 bridgehead atoms. The van der Waals surface area contributed by atoms with Gasteiger partial charge in [0.25, 0.3) is 5.91 Å². The number of anilines is 1. The Kier molecular flexibility index (Phi) is 5.13. The lowest BCUT2D eigenvalue weighted by atomic mass is 9.96. The van der Waals surface area contributed by atoms with Crippen molar-refractivity contribution in [2.24, 2.45) is 5.92 Å². The molecule has 2 heterocycles. The van der Waals surface area contributed by atoms with Crippen LogP contribution in [0.1, 0.15) is 23.2 Å². The van der Waals surface area contributed by atoms with Gasteiger partial charge >= 0.3 is 0 Å². The molecule has 1 aromatic heterocycles. The van der Waals surface area contributed by atoms with Gasteiger partial charge in [-0.2, -0.15) is 0 Å². The molecular weight excluding hydrogens is 310 g/mol. The van der Waals surface area contributed by atoms with Gasteiger partial charge in [0.05, 0.1) is 0 Å². The van der Waals surface area contributed by atoms with E-state index < -0.39 is 0 Å². The summed E-state index contributed by atoms with van der Waals surface area (Å²) in [6.45, 7) is 2.77. The quantitative estimate of drug-likeness (QED) is 0.935. The number of aromatic nitrogens is 1. The van der Waals surface area contributed by atoms with Crippen molar-refractivity contribution >= 4 is 23.2 Å². The number of carbonyl (C=O) groups excluding carboxylic acids is 1. The van der Waals surface area contributed by atoms with Crippen molar-refractivity contribution in [2.45, 2.75) is 12.8 Å². The van der Waals surface area contributed by atoms with E-state index in [-0.39, 0.29) is 5.91 Å². The highest BCUT2D eigenvalue weighted by Crippen LogP contribution is 2.22. The van der Waals surface area contributed by atoms with Crippen molar-refractivity contribution in [3.05, 3.63) is 59.4 Å². The summed E-state index contributed by atoms with van der Waals surface area (Å²) in [5, 5.41) is 3.68. The number of amides is 1. The number of rotatable bonds is 4. The van der Waals surface area contributed by atoms with E-state index >= 15 is 0 Å². The average Bonchev–Trinajstić information content (AvgIpc) is 2.61. The highest BCUT2D eigenvalue weighted by Gasteiger charge is 2.20. The number of pyridine rings is 1. The summed E-state index contributed by atoms with van der Waals surface area (Å²) in [7, 11) is 0. The molecule has 0 atom stereocenters.